The highest BCUT2D eigenvalue weighted by Crippen LogP contribution is 2.39. The number of carboxylic acid groups (broad SMARTS) is 2. The predicted molar refractivity (Wildman–Crippen MR) is 185 cm³/mol. The summed E-state index contributed by atoms with van der Waals surface area (Å²) in [4.78, 5) is 50.5. The van der Waals surface area contributed by atoms with Crippen molar-refractivity contribution < 1.29 is 65.7 Å². The molecule has 1 unspecified atom stereocenters. The number of carbonyl (C=O) groups is 4. The largest absolute Gasteiger partial charge is 0.490 e. The minimum atomic E-state index is -5.08. The maximum Gasteiger partial charge on any atom is 0.490 e. The molecule has 2 amide bonds. The summed E-state index contributed by atoms with van der Waals surface area (Å²) in [6.07, 6.45) is -9.66. The first-order chi connectivity index (χ1) is 25.5. The van der Waals surface area contributed by atoms with E-state index in [-0.39, 0.29) is 17.9 Å². The Morgan fingerprint density at radius 1 is 0.855 bits per heavy atom. The third kappa shape index (κ3) is 13.0. The zero-order chi connectivity index (χ0) is 41.2. The Balaban J connectivity index is 0.000000494. The monoisotopic (exact) mass is 780 g/mol. The van der Waals surface area contributed by atoms with Gasteiger partial charge >= 0.3 is 24.3 Å². The van der Waals surface area contributed by atoms with Gasteiger partial charge in [0.15, 0.2) is 0 Å². The van der Waals surface area contributed by atoms with E-state index in [9.17, 15) is 41.1 Å². The van der Waals surface area contributed by atoms with Crippen LogP contribution in [0.3, 0.4) is 0 Å². The number of alkyl halides is 6. The number of aliphatic carboxylic acids is 2. The highest BCUT2D eigenvalue weighted by molar-refractivity contribution is 5.95. The summed E-state index contributed by atoms with van der Waals surface area (Å²) < 4.78 is 69.5. The molecular formula is C37H38F6N4O8. The van der Waals surface area contributed by atoms with Gasteiger partial charge in [-0.1, -0.05) is 48.5 Å². The number of hydrogen-bond donors (Lipinski definition) is 5. The van der Waals surface area contributed by atoms with E-state index in [1.54, 1.807) is 29.7 Å². The summed E-state index contributed by atoms with van der Waals surface area (Å²) in [7, 11) is 0. The quantitative estimate of drug-likeness (QED) is 0.0722. The molecule has 0 aliphatic carbocycles. The standard InChI is InChI=1S/C33H36N4O4.2C2HF3O2/c1-23-17-26(28-11-7-8-12-29(28)34-23)20-41-27-15-13-25(14-16-27)31(39)35-33(18-30(38)36-40)21-32(2,3)37(22-33)19-24-9-5-4-6-10-24;2*3-2(4,5)1(6)7/h4-17,40H,18-22H2,1-3H3,(H,35,39)(H,36,38);2*(H,6,7). The van der Waals surface area contributed by atoms with Gasteiger partial charge in [-0.15, -0.1) is 0 Å². The molecule has 55 heavy (non-hydrogen) atoms. The van der Waals surface area contributed by atoms with Gasteiger partial charge in [-0.25, -0.2) is 15.1 Å². The Kier molecular flexibility index (Phi) is 14.3. The van der Waals surface area contributed by atoms with Crippen molar-refractivity contribution in [2.24, 2.45) is 0 Å². The van der Waals surface area contributed by atoms with Crippen LogP contribution in [0.1, 0.15) is 53.9 Å². The molecule has 1 saturated heterocycles. The lowest BCUT2D eigenvalue weighted by Gasteiger charge is -2.31. The first kappa shape index (κ1) is 43.7. The van der Waals surface area contributed by atoms with Crippen molar-refractivity contribution in [2.75, 3.05) is 6.54 Å². The summed E-state index contributed by atoms with van der Waals surface area (Å²) in [5, 5.41) is 27.7. The lowest BCUT2D eigenvalue weighted by molar-refractivity contribution is -0.193. The van der Waals surface area contributed by atoms with Gasteiger partial charge in [0.25, 0.3) is 5.91 Å². The van der Waals surface area contributed by atoms with Crippen LogP contribution in [-0.4, -0.2) is 79.0 Å². The summed E-state index contributed by atoms with van der Waals surface area (Å²) in [6.45, 7) is 7.72. The molecular weight excluding hydrogens is 742 g/mol. The highest BCUT2D eigenvalue weighted by atomic mass is 19.4. The van der Waals surface area contributed by atoms with Crippen LogP contribution in [0.5, 0.6) is 5.75 Å². The van der Waals surface area contributed by atoms with Gasteiger partial charge in [-0.05, 0) is 69.2 Å². The number of benzene rings is 3. The number of pyridine rings is 1. The Morgan fingerprint density at radius 2 is 1.40 bits per heavy atom. The Bertz CT molecular complexity index is 1930. The summed E-state index contributed by atoms with van der Waals surface area (Å²) in [5.74, 6) is -5.69. The second-order valence-electron chi connectivity index (χ2n) is 13.1. The number of ether oxygens (including phenoxy) is 1. The van der Waals surface area contributed by atoms with Crippen molar-refractivity contribution in [1.29, 1.82) is 0 Å². The van der Waals surface area contributed by atoms with E-state index in [0.29, 0.717) is 37.4 Å². The number of likely N-dealkylation sites (tertiary alicyclic amines) is 1. The zero-order valence-corrected chi connectivity index (χ0v) is 29.7. The maximum absolute atomic E-state index is 13.5. The molecule has 3 aromatic carbocycles. The van der Waals surface area contributed by atoms with E-state index in [0.717, 1.165) is 27.7 Å². The Morgan fingerprint density at radius 3 is 1.95 bits per heavy atom. The maximum atomic E-state index is 13.5. The van der Waals surface area contributed by atoms with Crippen molar-refractivity contribution in [3.8, 4) is 5.75 Å². The molecule has 5 rings (SSSR count). The molecule has 12 nitrogen and oxygen atoms in total. The van der Waals surface area contributed by atoms with Crippen molar-refractivity contribution in [1.82, 2.24) is 20.7 Å². The molecule has 1 fully saturated rings. The van der Waals surface area contributed by atoms with Crippen LogP contribution in [-0.2, 0) is 27.5 Å². The van der Waals surface area contributed by atoms with Crippen LogP contribution in [0.25, 0.3) is 10.9 Å². The first-order valence-electron chi connectivity index (χ1n) is 16.3. The number of fused-ring (bicyclic) bond motifs is 1. The van der Waals surface area contributed by atoms with Gasteiger partial charge in [0.1, 0.15) is 12.4 Å². The molecule has 4 aromatic rings. The Labute approximate surface area is 310 Å². The number of hydroxylamine groups is 1. The molecule has 0 saturated carbocycles. The minimum Gasteiger partial charge on any atom is -0.489 e. The number of carboxylic acids is 2. The molecule has 296 valence electrons. The van der Waals surface area contributed by atoms with Gasteiger partial charge in [-0.3, -0.25) is 24.7 Å². The molecule has 0 spiro atoms. The molecule has 0 radical (unpaired) electrons. The van der Waals surface area contributed by atoms with E-state index in [1.165, 1.54) is 0 Å². The van der Waals surface area contributed by atoms with Crippen LogP contribution < -0.4 is 15.5 Å². The average molecular weight is 781 g/mol. The Hall–Kier alpha value is -5.75. The second-order valence-corrected chi connectivity index (χ2v) is 13.1. The van der Waals surface area contributed by atoms with E-state index >= 15 is 0 Å². The molecule has 5 N–H and O–H groups in total. The van der Waals surface area contributed by atoms with Gasteiger partial charge in [0.2, 0.25) is 5.91 Å². The van der Waals surface area contributed by atoms with Crippen molar-refractivity contribution in [2.45, 2.75) is 70.2 Å². The van der Waals surface area contributed by atoms with Crippen molar-refractivity contribution in [3.63, 3.8) is 0 Å². The molecule has 18 heteroatoms. The number of rotatable bonds is 9. The number of nitrogens with zero attached hydrogens (tertiary/aromatic N) is 2. The van der Waals surface area contributed by atoms with Crippen LogP contribution in [0.4, 0.5) is 26.3 Å². The number of hydrogen-bond acceptors (Lipinski definition) is 8. The highest BCUT2D eigenvalue weighted by Gasteiger charge is 2.50. The number of para-hydroxylation sites is 1. The first-order valence-corrected chi connectivity index (χ1v) is 16.3. The number of aromatic nitrogens is 1. The fourth-order valence-electron chi connectivity index (χ4n) is 5.93. The number of nitrogens with one attached hydrogen (secondary N) is 2. The second kappa shape index (κ2) is 18.1. The van der Waals surface area contributed by atoms with Crippen LogP contribution in [0.15, 0.2) is 84.9 Å². The molecule has 0 bridgehead atoms. The van der Waals surface area contributed by atoms with Gasteiger partial charge in [0, 0.05) is 40.8 Å². The van der Waals surface area contributed by atoms with Gasteiger partial charge < -0.3 is 20.3 Å². The third-order valence-corrected chi connectivity index (χ3v) is 8.26. The van der Waals surface area contributed by atoms with Crippen LogP contribution >= 0.6 is 0 Å². The lowest BCUT2D eigenvalue weighted by Crippen LogP contribution is -2.53. The summed E-state index contributed by atoms with van der Waals surface area (Å²) in [5.41, 5.74) is 5.12. The number of amides is 2. The van der Waals surface area contributed by atoms with E-state index in [4.69, 9.17) is 24.5 Å². The minimum absolute atomic E-state index is 0.0372. The van der Waals surface area contributed by atoms with Crippen molar-refractivity contribution >= 4 is 34.7 Å². The number of aryl methyl sites for hydroxylation is 1. The van der Waals surface area contributed by atoms with Gasteiger partial charge in [0.05, 0.1) is 17.5 Å². The van der Waals surface area contributed by atoms with E-state index in [2.05, 4.69) is 41.2 Å². The van der Waals surface area contributed by atoms with E-state index in [1.807, 2.05) is 55.5 Å². The average Bonchev–Trinajstić information content (AvgIpc) is 3.34. The molecule has 1 aliphatic heterocycles. The molecule has 1 aliphatic rings. The van der Waals surface area contributed by atoms with Crippen LogP contribution in [0.2, 0.25) is 0 Å². The normalized spacial score (nSPS) is 16.5. The van der Waals surface area contributed by atoms with E-state index < -0.39 is 35.7 Å². The summed E-state index contributed by atoms with van der Waals surface area (Å²) in [6, 6.07) is 27.1. The topological polar surface area (TPSA) is 178 Å². The third-order valence-electron chi connectivity index (χ3n) is 8.26. The van der Waals surface area contributed by atoms with Crippen molar-refractivity contribution in [3.05, 3.63) is 107 Å². The number of carbonyl (C=O) groups excluding carboxylic acids is 2. The smallest absolute Gasteiger partial charge is 0.489 e. The summed E-state index contributed by atoms with van der Waals surface area (Å²) >= 11 is 0. The predicted octanol–water partition coefficient (Wildman–Crippen LogP) is 6.44. The SMILES string of the molecule is Cc1cc(COc2ccc(C(=O)NC3(CC(=O)NO)CN(Cc4ccccc4)C(C)(C)C3)cc2)c2ccccc2n1.O=C(O)C(F)(F)F.O=C(O)C(F)(F)F. The molecule has 1 atom stereocenters. The van der Waals surface area contributed by atoms with Crippen LogP contribution in [0, 0.1) is 6.92 Å². The molecule has 2 heterocycles. The van der Waals surface area contributed by atoms with Gasteiger partial charge in [-0.2, -0.15) is 26.3 Å². The molecule has 1 aromatic heterocycles. The fraction of sp³-hybridized carbons (Fsp3) is 0.324. The zero-order valence-electron chi connectivity index (χ0n) is 29.7. The number of halogens is 6. The fourth-order valence-corrected chi connectivity index (χ4v) is 5.93. The lowest BCUT2D eigenvalue weighted by atomic mass is 9.86.